The molecular weight excluding hydrogens is 284 g/mol. The molecule has 0 amide bonds. The summed E-state index contributed by atoms with van der Waals surface area (Å²) >= 11 is 0. The van der Waals surface area contributed by atoms with Crippen LogP contribution in [0.15, 0.2) is 18.2 Å². The van der Waals surface area contributed by atoms with Crippen molar-refractivity contribution in [2.24, 2.45) is 5.92 Å². The second kappa shape index (κ2) is 9.14. The van der Waals surface area contributed by atoms with Crippen molar-refractivity contribution in [1.82, 2.24) is 10.2 Å². The van der Waals surface area contributed by atoms with Crippen LogP contribution in [0.5, 0.6) is 0 Å². The molecule has 0 aliphatic carbocycles. The third kappa shape index (κ3) is 6.04. The number of piperidine rings is 1. The predicted molar refractivity (Wildman–Crippen MR) is 101 cm³/mol. The molecule has 1 fully saturated rings. The van der Waals surface area contributed by atoms with E-state index >= 15 is 0 Å². The van der Waals surface area contributed by atoms with Gasteiger partial charge in [-0.05, 0) is 69.9 Å². The Bertz CT molecular complexity index is 464. The molecule has 1 aliphatic heterocycles. The number of nitrogens with zero attached hydrogens (tertiary/aromatic N) is 2. The first kappa shape index (κ1) is 18.1. The Labute approximate surface area is 142 Å². The normalized spacial score (nSPS) is 16.3. The molecule has 1 heterocycles. The average Bonchev–Trinajstić information content (AvgIpc) is 2.52. The molecule has 23 heavy (non-hydrogen) atoms. The Morgan fingerprint density at radius 3 is 2.61 bits per heavy atom. The zero-order chi connectivity index (χ0) is 16.7. The number of nitrogen functional groups attached to an aromatic ring is 1. The summed E-state index contributed by atoms with van der Waals surface area (Å²) in [6, 6.07) is 6.65. The second-order valence-corrected chi connectivity index (χ2v) is 7.22. The number of aryl methyl sites for hydroxylation is 1. The number of rotatable bonds is 8. The van der Waals surface area contributed by atoms with Crippen molar-refractivity contribution in [3.63, 3.8) is 0 Å². The van der Waals surface area contributed by atoms with Crippen LogP contribution in [0, 0.1) is 5.92 Å². The molecule has 0 radical (unpaired) electrons. The Morgan fingerprint density at radius 2 is 1.96 bits per heavy atom. The Balaban J connectivity index is 1.75. The summed E-state index contributed by atoms with van der Waals surface area (Å²) in [5.41, 5.74) is 9.83. The zero-order valence-corrected chi connectivity index (χ0v) is 15.1. The van der Waals surface area contributed by atoms with E-state index in [0.717, 1.165) is 57.2 Å². The van der Waals surface area contributed by atoms with Crippen molar-refractivity contribution in [3.8, 4) is 0 Å². The summed E-state index contributed by atoms with van der Waals surface area (Å²) in [5.74, 6) is 0.853. The first-order chi connectivity index (χ1) is 11.1. The van der Waals surface area contributed by atoms with Gasteiger partial charge in [0.15, 0.2) is 0 Å². The smallest absolute Gasteiger partial charge is 0.0600 e. The number of anilines is 2. The van der Waals surface area contributed by atoms with Gasteiger partial charge in [0.1, 0.15) is 0 Å². The van der Waals surface area contributed by atoms with Crippen molar-refractivity contribution in [3.05, 3.63) is 23.8 Å². The predicted octanol–water partition coefficient (Wildman–Crippen LogP) is 2.59. The summed E-state index contributed by atoms with van der Waals surface area (Å²) in [6.45, 7) is 7.84. The van der Waals surface area contributed by atoms with Gasteiger partial charge in [0.2, 0.25) is 0 Å². The van der Waals surface area contributed by atoms with Gasteiger partial charge in [0.25, 0.3) is 0 Å². The maximum atomic E-state index is 6.31. The van der Waals surface area contributed by atoms with Crippen LogP contribution in [0.25, 0.3) is 0 Å². The Morgan fingerprint density at radius 1 is 1.22 bits per heavy atom. The quantitative estimate of drug-likeness (QED) is 0.571. The van der Waals surface area contributed by atoms with E-state index in [1.165, 1.54) is 24.1 Å². The summed E-state index contributed by atoms with van der Waals surface area (Å²) in [6.07, 6.45) is 4.81. The molecule has 0 bridgehead atoms. The summed E-state index contributed by atoms with van der Waals surface area (Å²) in [4.78, 5) is 4.65. The largest absolute Gasteiger partial charge is 0.397 e. The molecule has 1 saturated heterocycles. The number of nitrogens with two attached hydrogens (primary N) is 1. The molecule has 0 saturated carbocycles. The van der Waals surface area contributed by atoms with E-state index in [1.54, 1.807) is 0 Å². The number of hydrogen-bond acceptors (Lipinski definition) is 4. The highest BCUT2D eigenvalue weighted by Crippen LogP contribution is 2.29. The van der Waals surface area contributed by atoms with E-state index in [1.807, 2.05) is 0 Å². The summed E-state index contributed by atoms with van der Waals surface area (Å²) in [7, 11) is 4.21. The minimum Gasteiger partial charge on any atom is -0.397 e. The van der Waals surface area contributed by atoms with E-state index in [-0.39, 0.29) is 0 Å². The van der Waals surface area contributed by atoms with E-state index in [4.69, 9.17) is 5.73 Å². The van der Waals surface area contributed by atoms with Crippen LogP contribution in [0.1, 0.15) is 31.7 Å². The molecule has 4 nitrogen and oxygen atoms in total. The highest BCUT2D eigenvalue weighted by atomic mass is 15.1. The molecule has 0 spiro atoms. The monoisotopic (exact) mass is 318 g/mol. The van der Waals surface area contributed by atoms with Crippen molar-refractivity contribution in [2.75, 3.05) is 57.5 Å². The second-order valence-electron chi connectivity index (χ2n) is 7.22. The van der Waals surface area contributed by atoms with Gasteiger partial charge in [0, 0.05) is 26.2 Å². The third-order valence-electron chi connectivity index (χ3n) is 4.77. The number of nitrogens with one attached hydrogen (secondary N) is 1. The maximum absolute atomic E-state index is 6.31. The number of hydrogen-bond donors (Lipinski definition) is 2. The van der Waals surface area contributed by atoms with Crippen LogP contribution < -0.4 is 16.0 Å². The molecular formula is C19H34N4. The first-order valence-electron chi connectivity index (χ1n) is 9.05. The van der Waals surface area contributed by atoms with Gasteiger partial charge < -0.3 is 20.9 Å². The standard InChI is InChI=1S/C19H34N4/c1-16-8-12-23(13-9-16)19-7-6-17(15-18(19)20)5-4-10-21-11-14-22(2)3/h6-7,15-16,21H,4-5,8-14,20H2,1-3H3. The lowest BCUT2D eigenvalue weighted by Gasteiger charge is -2.33. The van der Waals surface area contributed by atoms with Gasteiger partial charge in [-0.3, -0.25) is 0 Å². The molecule has 0 atom stereocenters. The van der Waals surface area contributed by atoms with Crippen LogP contribution >= 0.6 is 0 Å². The molecule has 1 aliphatic rings. The van der Waals surface area contributed by atoms with E-state index in [2.05, 4.69) is 54.3 Å². The van der Waals surface area contributed by atoms with Gasteiger partial charge in [-0.2, -0.15) is 0 Å². The number of benzene rings is 1. The fourth-order valence-corrected chi connectivity index (χ4v) is 3.14. The van der Waals surface area contributed by atoms with Crippen molar-refractivity contribution < 1.29 is 0 Å². The lowest BCUT2D eigenvalue weighted by Crippen LogP contribution is -2.33. The van der Waals surface area contributed by atoms with Gasteiger partial charge >= 0.3 is 0 Å². The Hall–Kier alpha value is -1.26. The summed E-state index contributed by atoms with van der Waals surface area (Å²) < 4.78 is 0. The molecule has 3 N–H and O–H groups in total. The van der Waals surface area contributed by atoms with E-state index in [9.17, 15) is 0 Å². The zero-order valence-electron chi connectivity index (χ0n) is 15.1. The van der Waals surface area contributed by atoms with Crippen LogP contribution in [0.4, 0.5) is 11.4 Å². The third-order valence-corrected chi connectivity index (χ3v) is 4.77. The number of likely N-dealkylation sites (N-methyl/N-ethyl adjacent to an activating group) is 1. The average molecular weight is 319 g/mol. The van der Waals surface area contributed by atoms with Crippen LogP contribution in [0.2, 0.25) is 0 Å². The van der Waals surface area contributed by atoms with Gasteiger partial charge in [-0.15, -0.1) is 0 Å². The molecule has 1 aromatic rings. The van der Waals surface area contributed by atoms with E-state index in [0.29, 0.717) is 0 Å². The molecule has 0 aromatic heterocycles. The van der Waals surface area contributed by atoms with Crippen molar-refractivity contribution in [1.29, 1.82) is 0 Å². The van der Waals surface area contributed by atoms with Crippen molar-refractivity contribution in [2.45, 2.75) is 32.6 Å². The lowest BCUT2D eigenvalue weighted by atomic mass is 9.98. The van der Waals surface area contributed by atoms with Crippen LogP contribution in [-0.4, -0.2) is 51.7 Å². The van der Waals surface area contributed by atoms with Crippen molar-refractivity contribution >= 4 is 11.4 Å². The topological polar surface area (TPSA) is 44.5 Å². The van der Waals surface area contributed by atoms with Crippen LogP contribution in [0.3, 0.4) is 0 Å². The highest BCUT2D eigenvalue weighted by Gasteiger charge is 2.17. The summed E-state index contributed by atoms with van der Waals surface area (Å²) in [5, 5.41) is 3.49. The minimum absolute atomic E-state index is 0.853. The molecule has 1 aromatic carbocycles. The fraction of sp³-hybridized carbons (Fsp3) is 0.684. The highest BCUT2D eigenvalue weighted by molar-refractivity contribution is 5.68. The SMILES string of the molecule is CC1CCN(c2ccc(CCCNCCN(C)C)cc2N)CC1. The minimum atomic E-state index is 0.853. The fourth-order valence-electron chi connectivity index (χ4n) is 3.14. The van der Waals surface area contributed by atoms with Gasteiger partial charge in [-0.1, -0.05) is 13.0 Å². The Kier molecular flexibility index (Phi) is 7.18. The van der Waals surface area contributed by atoms with Gasteiger partial charge in [0.05, 0.1) is 11.4 Å². The molecule has 2 rings (SSSR count). The lowest BCUT2D eigenvalue weighted by molar-refractivity contribution is 0.400. The molecule has 130 valence electrons. The molecule has 4 heteroatoms. The van der Waals surface area contributed by atoms with Gasteiger partial charge in [-0.25, -0.2) is 0 Å². The molecule has 0 unspecified atom stereocenters. The van der Waals surface area contributed by atoms with E-state index < -0.39 is 0 Å². The first-order valence-corrected chi connectivity index (χ1v) is 9.05. The van der Waals surface area contributed by atoms with Crippen LogP contribution in [-0.2, 0) is 6.42 Å². The maximum Gasteiger partial charge on any atom is 0.0600 e.